The van der Waals surface area contributed by atoms with Crippen molar-refractivity contribution in [3.8, 4) is 0 Å². The van der Waals surface area contributed by atoms with Crippen molar-refractivity contribution in [2.24, 2.45) is 10.9 Å². The van der Waals surface area contributed by atoms with E-state index in [-0.39, 0.29) is 24.0 Å². The van der Waals surface area contributed by atoms with Gasteiger partial charge in [-0.1, -0.05) is 13.3 Å². The van der Waals surface area contributed by atoms with Gasteiger partial charge >= 0.3 is 0 Å². The first kappa shape index (κ1) is 21.9. The van der Waals surface area contributed by atoms with E-state index < -0.39 is 0 Å². The molecule has 0 aromatic carbocycles. The predicted octanol–water partition coefficient (Wildman–Crippen LogP) is 3.60. The first-order chi connectivity index (χ1) is 12.3. The van der Waals surface area contributed by atoms with E-state index in [4.69, 9.17) is 4.99 Å². The molecule has 0 saturated carbocycles. The maximum atomic E-state index is 4.86. The SMILES string of the molecule is CCNC(=NCc1ncc(CC)s1)N1CCC(CN2CCCCC2)C1.I. The Hall–Kier alpha value is -0.410. The Morgan fingerprint density at radius 2 is 2.08 bits per heavy atom. The number of nitrogens with one attached hydrogen (secondary N) is 1. The molecule has 5 nitrogen and oxygen atoms in total. The summed E-state index contributed by atoms with van der Waals surface area (Å²) in [5, 5.41) is 4.60. The second kappa shape index (κ2) is 11.4. The first-order valence-electron chi connectivity index (χ1n) is 9.97. The number of aliphatic imine (C=N–C) groups is 1. The first-order valence-corrected chi connectivity index (χ1v) is 10.8. The molecule has 1 aromatic heterocycles. The lowest BCUT2D eigenvalue weighted by molar-refractivity contribution is 0.198. The minimum atomic E-state index is 0. The van der Waals surface area contributed by atoms with Gasteiger partial charge in [0.05, 0.1) is 6.54 Å². The highest BCUT2D eigenvalue weighted by Gasteiger charge is 2.27. The Morgan fingerprint density at radius 1 is 1.27 bits per heavy atom. The van der Waals surface area contributed by atoms with Gasteiger partial charge in [-0.05, 0) is 51.6 Å². The van der Waals surface area contributed by atoms with Crippen LogP contribution in [0.1, 0.15) is 49.4 Å². The van der Waals surface area contributed by atoms with E-state index in [0.717, 1.165) is 42.9 Å². The number of piperidine rings is 1. The minimum Gasteiger partial charge on any atom is -0.357 e. The highest BCUT2D eigenvalue weighted by Crippen LogP contribution is 2.20. The number of halogens is 1. The zero-order chi connectivity index (χ0) is 17.5. The monoisotopic (exact) mass is 491 g/mol. The smallest absolute Gasteiger partial charge is 0.194 e. The Labute approximate surface area is 179 Å². The third kappa shape index (κ3) is 6.34. The fourth-order valence-corrected chi connectivity index (χ4v) is 4.62. The third-order valence-electron chi connectivity index (χ3n) is 5.20. The number of aryl methyl sites for hydroxylation is 1. The highest BCUT2D eigenvalue weighted by molar-refractivity contribution is 14.0. The zero-order valence-electron chi connectivity index (χ0n) is 16.2. The number of nitrogens with zero attached hydrogens (tertiary/aromatic N) is 4. The number of guanidine groups is 1. The summed E-state index contributed by atoms with van der Waals surface area (Å²) in [5.74, 6) is 1.85. The molecule has 3 heterocycles. The molecule has 26 heavy (non-hydrogen) atoms. The number of rotatable bonds is 6. The van der Waals surface area contributed by atoms with Gasteiger partial charge in [0, 0.05) is 37.3 Å². The predicted molar refractivity (Wildman–Crippen MR) is 122 cm³/mol. The van der Waals surface area contributed by atoms with E-state index in [9.17, 15) is 0 Å². The highest BCUT2D eigenvalue weighted by atomic mass is 127. The molecule has 0 radical (unpaired) electrons. The van der Waals surface area contributed by atoms with Crippen LogP contribution in [0.3, 0.4) is 0 Å². The topological polar surface area (TPSA) is 43.8 Å². The zero-order valence-corrected chi connectivity index (χ0v) is 19.4. The van der Waals surface area contributed by atoms with E-state index >= 15 is 0 Å². The average Bonchev–Trinajstić information content (AvgIpc) is 3.29. The van der Waals surface area contributed by atoms with Gasteiger partial charge in [0.15, 0.2) is 5.96 Å². The van der Waals surface area contributed by atoms with Crippen molar-refractivity contribution in [2.45, 2.75) is 52.5 Å². The second-order valence-electron chi connectivity index (χ2n) is 7.21. The summed E-state index contributed by atoms with van der Waals surface area (Å²) in [7, 11) is 0. The number of hydrogen-bond acceptors (Lipinski definition) is 4. The molecule has 7 heteroatoms. The number of likely N-dealkylation sites (tertiary alicyclic amines) is 2. The van der Waals surface area contributed by atoms with Crippen LogP contribution in [0.15, 0.2) is 11.2 Å². The van der Waals surface area contributed by atoms with Gasteiger partial charge < -0.3 is 15.1 Å². The van der Waals surface area contributed by atoms with Crippen LogP contribution in [0, 0.1) is 5.92 Å². The molecule has 1 N–H and O–H groups in total. The Kier molecular flexibility index (Phi) is 9.63. The summed E-state index contributed by atoms with van der Waals surface area (Å²) in [6.07, 6.45) is 8.53. The van der Waals surface area contributed by atoms with Crippen LogP contribution >= 0.6 is 35.3 Å². The van der Waals surface area contributed by atoms with Crippen molar-refractivity contribution in [3.05, 3.63) is 16.1 Å². The number of aromatic nitrogens is 1. The van der Waals surface area contributed by atoms with Crippen molar-refractivity contribution in [1.82, 2.24) is 20.1 Å². The normalized spacial score (nSPS) is 21.7. The van der Waals surface area contributed by atoms with Crippen molar-refractivity contribution >= 4 is 41.3 Å². The molecule has 1 aromatic rings. The van der Waals surface area contributed by atoms with Crippen molar-refractivity contribution in [1.29, 1.82) is 0 Å². The van der Waals surface area contributed by atoms with Crippen LogP contribution < -0.4 is 5.32 Å². The van der Waals surface area contributed by atoms with Crippen LogP contribution in [0.4, 0.5) is 0 Å². The lowest BCUT2D eigenvalue weighted by Crippen LogP contribution is -2.41. The molecule has 2 fully saturated rings. The minimum absolute atomic E-state index is 0. The molecular formula is C19H34IN5S. The standard InChI is InChI=1S/C19H33N5S.HI/c1-3-17-12-21-18(25-17)13-22-19(20-4-2)24-11-8-16(15-24)14-23-9-6-5-7-10-23;/h12,16H,3-11,13-15H2,1-2H3,(H,20,22);1H. The molecular weight excluding hydrogens is 457 g/mol. The third-order valence-corrected chi connectivity index (χ3v) is 6.33. The largest absolute Gasteiger partial charge is 0.357 e. The van der Waals surface area contributed by atoms with Crippen LogP contribution in [0.5, 0.6) is 0 Å². The van der Waals surface area contributed by atoms with E-state index in [0.29, 0.717) is 6.54 Å². The van der Waals surface area contributed by atoms with Gasteiger partial charge in [0.2, 0.25) is 0 Å². The molecule has 1 unspecified atom stereocenters. The van der Waals surface area contributed by atoms with Gasteiger partial charge in [-0.2, -0.15) is 0 Å². The molecule has 0 aliphatic carbocycles. The summed E-state index contributed by atoms with van der Waals surface area (Å²) in [6.45, 7) is 12.1. The van der Waals surface area contributed by atoms with Gasteiger partial charge in [0.1, 0.15) is 5.01 Å². The lowest BCUT2D eigenvalue weighted by Gasteiger charge is -2.29. The molecule has 148 valence electrons. The van der Waals surface area contributed by atoms with Crippen LogP contribution in [-0.2, 0) is 13.0 Å². The lowest BCUT2D eigenvalue weighted by atomic mass is 10.1. The Bertz CT molecular complexity index is 556. The van der Waals surface area contributed by atoms with Crippen LogP contribution in [0.2, 0.25) is 0 Å². The summed E-state index contributed by atoms with van der Waals surface area (Å²) >= 11 is 1.79. The van der Waals surface area contributed by atoms with Gasteiger partial charge in [-0.25, -0.2) is 9.98 Å². The summed E-state index contributed by atoms with van der Waals surface area (Å²) in [6, 6.07) is 0. The summed E-state index contributed by atoms with van der Waals surface area (Å²) < 4.78 is 0. The maximum absolute atomic E-state index is 4.86. The van der Waals surface area contributed by atoms with E-state index in [1.165, 1.54) is 50.2 Å². The molecule has 2 aliphatic rings. The molecule has 3 rings (SSSR count). The average molecular weight is 491 g/mol. The fraction of sp³-hybridized carbons (Fsp3) is 0.789. The molecule has 1 atom stereocenters. The molecule has 2 aliphatic heterocycles. The number of thiazole rings is 1. The molecule has 0 spiro atoms. The maximum Gasteiger partial charge on any atom is 0.194 e. The van der Waals surface area contributed by atoms with E-state index in [2.05, 4.69) is 33.9 Å². The second-order valence-corrected chi connectivity index (χ2v) is 8.41. The van der Waals surface area contributed by atoms with Crippen molar-refractivity contribution < 1.29 is 0 Å². The van der Waals surface area contributed by atoms with Crippen molar-refractivity contribution in [3.63, 3.8) is 0 Å². The van der Waals surface area contributed by atoms with Crippen LogP contribution in [-0.4, -0.2) is 60.0 Å². The van der Waals surface area contributed by atoms with Gasteiger partial charge in [0.25, 0.3) is 0 Å². The van der Waals surface area contributed by atoms with Crippen LogP contribution in [0.25, 0.3) is 0 Å². The van der Waals surface area contributed by atoms with E-state index in [1.807, 2.05) is 6.20 Å². The van der Waals surface area contributed by atoms with Gasteiger partial charge in [-0.15, -0.1) is 35.3 Å². The Balaban J connectivity index is 0.00000243. The van der Waals surface area contributed by atoms with E-state index in [1.54, 1.807) is 11.3 Å². The van der Waals surface area contributed by atoms with Crippen molar-refractivity contribution in [2.75, 3.05) is 39.3 Å². The molecule has 2 saturated heterocycles. The molecule has 0 amide bonds. The molecule has 0 bridgehead atoms. The van der Waals surface area contributed by atoms with Gasteiger partial charge in [-0.3, -0.25) is 0 Å². The fourth-order valence-electron chi connectivity index (χ4n) is 3.83. The number of hydrogen-bond donors (Lipinski definition) is 1. The quantitative estimate of drug-likeness (QED) is 0.375. The Morgan fingerprint density at radius 3 is 2.77 bits per heavy atom. The summed E-state index contributed by atoms with van der Waals surface area (Å²) in [4.78, 5) is 15.8. The summed E-state index contributed by atoms with van der Waals surface area (Å²) in [5.41, 5.74) is 0.